The Kier molecular flexibility index (Phi) is 4.93. The van der Waals surface area contributed by atoms with E-state index >= 15 is 0 Å². The van der Waals surface area contributed by atoms with Gasteiger partial charge in [-0.15, -0.1) is 0 Å². The number of hydrogen-bond acceptors (Lipinski definition) is 4. The average molecular weight is 273 g/mol. The molecule has 0 spiro atoms. The molecule has 0 aliphatic rings. The van der Waals surface area contributed by atoms with Crippen LogP contribution < -0.4 is 9.47 Å². The normalized spacial score (nSPS) is 11.7. The third-order valence-electron chi connectivity index (χ3n) is 2.78. The molecule has 1 aromatic rings. The van der Waals surface area contributed by atoms with Crippen LogP contribution in [0, 0.1) is 16.7 Å². The highest BCUT2D eigenvalue weighted by Crippen LogP contribution is 2.33. The van der Waals surface area contributed by atoms with E-state index in [1.54, 1.807) is 39.0 Å². The molecule has 0 N–H and O–H groups in total. The smallest absolute Gasteiger partial charge is 0.178 e. The predicted octanol–water partition coefficient (Wildman–Crippen LogP) is 3.23. The standard InChI is InChI=1S/C16H19NO3/c1-16(2,3)15(18)12(10-17)9-11-7-6-8-13(19-4)14(11)20-5/h6-9H,1-5H3/b12-9+. The van der Waals surface area contributed by atoms with E-state index in [4.69, 9.17) is 9.47 Å². The van der Waals surface area contributed by atoms with Crippen LogP contribution in [0.5, 0.6) is 11.5 Å². The van der Waals surface area contributed by atoms with Gasteiger partial charge in [-0.25, -0.2) is 0 Å². The van der Waals surface area contributed by atoms with E-state index in [-0.39, 0.29) is 11.4 Å². The number of nitriles is 1. The summed E-state index contributed by atoms with van der Waals surface area (Å²) in [6.07, 6.45) is 1.54. The van der Waals surface area contributed by atoms with Gasteiger partial charge in [0, 0.05) is 11.0 Å². The van der Waals surface area contributed by atoms with Crippen LogP contribution in [0.25, 0.3) is 6.08 Å². The number of para-hydroxylation sites is 1. The van der Waals surface area contributed by atoms with Gasteiger partial charge in [-0.2, -0.15) is 5.26 Å². The Morgan fingerprint density at radius 1 is 1.25 bits per heavy atom. The number of methoxy groups -OCH3 is 2. The van der Waals surface area contributed by atoms with Crippen molar-refractivity contribution in [3.05, 3.63) is 29.3 Å². The van der Waals surface area contributed by atoms with Crippen LogP contribution in [0.2, 0.25) is 0 Å². The van der Waals surface area contributed by atoms with Gasteiger partial charge in [0.1, 0.15) is 6.07 Å². The van der Waals surface area contributed by atoms with Gasteiger partial charge < -0.3 is 9.47 Å². The van der Waals surface area contributed by atoms with Gasteiger partial charge >= 0.3 is 0 Å². The summed E-state index contributed by atoms with van der Waals surface area (Å²) >= 11 is 0. The minimum Gasteiger partial charge on any atom is -0.493 e. The summed E-state index contributed by atoms with van der Waals surface area (Å²) < 4.78 is 10.5. The van der Waals surface area contributed by atoms with Crippen LogP contribution in [-0.2, 0) is 4.79 Å². The molecule has 0 saturated carbocycles. The first kappa shape index (κ1) is 15.8. The number of Topliss-reactive ketones (excluding diaryl/α,β-unsaturated/α-hetero) is 1. The SMILES string of the molecule is COc1cccc(/C=C(\C#N)C(=O)C(C)(C)C)c1OC. The number of carbonyl (C=O) groups is 1. The first-order valence-electron chi connectivity index (χ1n) is 6.22. The second-order valence-corrected chi connectivity index (χ2v) is 5.33. The van der Waals surface area contributed by atoms with Crippen molar-refractivity contribution in [2.24, 2.45) is 5.41 Å². The molecule has 1 aromatic carbocycles. The van der Waals surface area contributed by atoms with E-state index in [0.29, 0.717) is 17.1 Å². The first-order chi connectivity index (χ1) is 9.35. The van der Waals surface area contributed by atoms with Crippen molar-refractivity contribution >= 4 is 11.9 Å². The van der Waals surface area contributed by atoms with Gasteiger partial charge in [0.05, 0.1) is 19.8 Å². The van der Waals surface area contributed by atoms with Crippen molar-refractivity contribution in [3.63, 3.8) is 0 Å². The molecule has 0 aromatic heterocycles. The Bertz CT molecular complexity index is 574. The fourth-order valence-corrected chi connectivity index (χ4v) is 1.73. The summed E-state index contributed by atoms with van der Waals surface area (Å²) in [6, 6.07) is 7.27. The third kappa shape index (κ3) is 3.39. The van der Waals surface area contributed by atoms with E-state index in [9.17, 15) is 10.1 Å². The lowest BCUT2D eigenvalue weighted by Gasteiger charge is -2.16. The number of allylic oxidation sites excluding steroid dienone is 1. The van der Waals surface area contributed by atoms with Gasteiger partial charge in [-0.1, -0.05) is 32.9 Å². The van der Waals surface area contributed by atoms with E-state index in [2.05, 4.69) is 0 Å². The van der Waals surface area contributed by atoms with Gasteiger partial charge in [-0.3, -0.25) is 4.79 Å². The molecule has 0 unspecified atom stereocenters. The van der Waals surface area contributed by atoms with Gasteiger partial charge in [-0.05, 0) is 12.1 Å². The van der Waals surface area contributed by atoms with Crippen LogP contribution in [0.15, 0.2) is 23.8 Å². The molecule has 4 nitrogen and oxygen atoms in total. The van der Waals surface area contributed by atoms with E-state index in [0.717, 1.165) is 0 Å². The van der Waals surface area contributed by atoms with Crippen molar-refractivity contribution in [2.45, 2.75) is 20.8 Å². The number of ketones is 1. The minimum absolute atomic E-state index is 0.101. The molecule has 1 rings (SSSR count). The maximum absolute atomic E-state index is 12.2. The molecule has 0 radical (unpaired) electrons. The molecule has 4 heteroatoms. The second kappa shape index (κ2) is 6.25. The molecule has 0 amide bonds. The molecule has 0 bridgehead atoms. The summed E-state index contributed by atoms with van der Waals surface area (Å²) in [5, 5.41) is 9.20. The quantitative estimate of drug-likeness (QED) is 0.624. The molecule has 0 heterocycles. The zero-order chi connectivity index (χ0) is 15.3. The first-order valence-corrected chi connectivity index (χ1v) is 6.22. The zero-order valence-corrected chi connectivity index (χ0v) is 12.5. The Morgan fingerprint density at radius 2 is 1.90 bits per heavy atom. The summed E-state index contributed by atoms with van der Waals surface area (Å²) in [6.45, 7) is 5.34. The molecule has 0 fully saturated rings. The molecule has 106 valence electrons. The molecule has 20 heavy (non-hydrogen) atoms. The van der Waals surface area contributed by atoms with Gasteiger partial charge in [0.25, 0.3) is 0 Å². The second-order valence-electron chi connectivity index (χ2n) is 5.33. The summed E-state index contributed by atoms with van der Waals surface area (Å²) in [5.74, 6) is 0.857. The summed E-state index contributed by atoms with van der Waals surface area (Å²) in [7, 11) is 3.06. The topological polar surface area (TPSA) is 59.3 Å². The molecular formula is C16H19NO3. The Labute approximate surface area is 119 Å². The molecule has 0 aliphatic heterocycles. The monoisotopic (exact) mass is 273 g/mol. The van der Waals surface area contributed by atoms with Crippen LogP contribution in [-0.4, -0.2) is 20.0 Å². The lowest BCUT2D eigenvalue weighted by molar-refractivity contribution is -0.121. The predicted molar refractivity (Wildman–Crippen MR) is 77.6 cm³/mol. The van der Waals surface area contributed by atoms with E-state index in [1.165, 1.54) is 20.3 Å². The molecule has 0 saturated heterocycles. The van der Waals surface area contributed by atoms with Crippen LogP contribution in [0.4, 0.5) is 0 Å². The highest BCUT2D eigenvalue weighted by molar-refractivity contribution is 6.06. The lowest BCUT2D eigenvalue weighted by Crippen LogP contribution is -2.21. The highest BCUT2D eigenvalue weighted by atomic mass is 16.5. The van der Waals surface area contributed by atoms with Crippen molar-refractivity contribution in [2.75, 3.05) is 14.2 Å². The van der Waals surface area contributed by atoms with Gasteiger partial charge in [0.2, 0.25) is 0 Å². The summed E-state index contributed by atoms with van der Waals surface area (Å²) in [5.41, 5.74) is 0.137. The molecule has 0 atom stereocenters. The number of nitrogens with zero attached hydrogens (tertiary/aromatic N) is 1. The number of carbonyl (C=O) groups excluding carboxylic acids is 1. The third-order valence-corrected chi connectivity index (χ3v) is 2.78. The van der Waals surface area contributed by atoms with Crippen molar-refractivity contribution < 1.29 is 14.3 Å². The maximum atomic E-state index is 12.2. The number of rotatable bonds is 4. The fourth-order valence-electron chi connectivity index (χ4n) is 1.73. The van der Waals surface area contributed by atoms with E-state index < -0.39 is 5.41 Å². The van der Waals surface area contributed by atoms with Crippen LogP contribution in [0.3, 0.4) is 0 Å². The Hall–Kier alpha value is -2.28. The largest absolute Gasteiger partial charge is 0.493 e. The van der Waals surface area contributed by atoms with Crippen molar-refractivity contribution in [1.82, 2.24) is 0 Å². The van der Waals surface area contributed by atoms with Gasteiger partial charge in [0.15, 0.2) is 17.3 Å². The lowest BCUT2D eigenvalue weighted by atomic mass is 9.86. The molecule has 0 aliphatic carbocycles. The fraction of sp³-hybridized carbons (Fsp3) is 0.375. The Morgan fingerprint density at radius 3 is 2.35 bits per heavy atom. The van der Waals surface area contributed by atoms with Crippen molar-refractivity contribution in [3.8, 4) is 17.6 Å². The molecular weight excluding hydrogens is 254 g/mol. The maximum Gasteiger partial charge on any atom is 0.178 e. The van der Waals surface area contributed by atoms with Crippen LogP contribution >= 0.6 is 0 Å². The van der Waals surface area contributed by atoms with Crippen LogP contribution in [0.1, 0.15) is 26.3 Å². The van der Waals surface area contributed by atoms with Crippen molar-refractivity contribution in [1.29, 1.82) is 5.26 Å². The number of hydrogen-bond donors (Lipinski definition) is 0. The minimum atomic E-state index is -0.604. The average Bonchev–Trinajstić information content (AvgIpc) is 2.42. The highest BCUT2D eigenvalue weighted by Gasteiger charge is 2.25. The summed E-state index contributed by atoms with van der Waals surface area (Å²) in [4.78, 5) is 12.2. The number of benzene rings is 1. The zero-order valence-electron chi connectivity index (χ0n) is 12.5. The Balaban J connectivity index is 3.35. The number of ether oxygens (including phenoxy) is 2. The van der Waals surface area contributed by atoms with E-state index in [1.807, 2.05) is 6.07 Å².